The first-order valence-electron chi connectivity index (χ1n) is 8.84. The highest BCUT2D eigenvalue weighted by atomic mass is 16.5. The van der Waals surface area contributed by atoms with Gasteiger partial charge < -0.3 is 15.4 Å². The number of hydrogen-bond donors (Lipinski definition) is 1. The maximum atomic E-state index is 13.3. The van der Waals surface area contributed by atoms with Crippen molar-refractivity contribution in [2.45, 2.75) is 63.8 Å². The Morgan fingerprint density at radius 1 is 1.14 bits per heavy atom. The van der Waals surface area contributed by atoms with Gasteiger partial charge in [-0.15, -0.1) is 0 Å². The largest absolute Gasteiger partial charge is 0.381 e. The molecule has 3 fully saturated rings. The Hall–Kier alpha value is -0.610. The van der Waals surface area contributed by atoms with Gasteiger partial charge in [-0.2, -0.15) is 0 Å². The fourth-order valence-corrected chi connectivity index (χ4v) is 4.00. The predicted molar refractivity (Wildman–Crippen MR) is 82.9 cm³/mol. The minimum Gasteiger partial charge on any atom is -0.381 e. The molecular weight excluding hydrogens is 264 g/mol. The van der Waals surface area contributed by atoms with E-state index in [1.54, 1.807) is 0 Å². The van der Waals surface area contributed by atoms with Crippen molar-refractivity contribution in [2.75, 3.05) is 26.3 Å². The molecule has 1 unspecified atom stereocenters. The molecule has 0 aromatic rings. The Morgan fingerprint density at radius 3 is 2.38 bits per heavy atom. The van der Waals surface area contributed by atoms with Gasteiger partial charge in [0.05, 0.1) is 12.0 Å². The second-order valence-electron chi connectivity index (χ2n) is 7.32. The number of rotatable bonds is 5. The molecule has 1 heterocycles. The molecule has 2 saturated carbocycles. The molecule has 2 aliphatic carbocycles. The number of carbonyl (C=O) groups is 1. The summed E-state index contributed by atoms with van der Waals surface area (Å²) in [5.41, 5.74) is 5.84. The molecule has 4 nitrogen and oxygen atoms in total. The molecule has 1 amide bonds. The summed E-state index contributed by atoms with van der Waals surface area (Å²) in [6.07, 6.45) is 10.3. The summed E-state index contributed by atoms with van der Waals surface area (Å²) in [4.78, 5) is 15.5. The van der Waals surface area contributed by atoms with Gasteiger partial charge in [0.1, 0.15) is 0 Å². The van der Waals surface area contributed by atoms with Gasteiger partial charge in [0, 0.05) is 31.7 Å². The van der Waals surface area contributed by atoms with Crippen molar-refractivity contribution in [3.05, 3.63) is 0 Å². The number of nitrogens with two attached hydrogens (primary N) is 1. The van der Waals surface area contributed by atoms with Gasteiger partial charge >= 0.3 is 0 Å². The molecule has 120 valence electrons. The van der Waals surface area contributed by atoms with Gasteiger partial charge in [-0.3, -0.25) is 4.79 Å². The molecule has 0 spiro atoms. The lowest BCUT2D eigenvalue weighted by Crippen LogP contribution is -2.50. The zero-order valence-corrected chi connectivity index (χ0v) is 13.2. The van der Waals surface area contributed by atoms with E-state index in [9.17, 15) is 4.79 Å². The molecule has 0 bridgehead atoms. The molecular formula is C17H30N2O2. The van der Waals surface area contributed by atoms with Crippen LogP contribution in [0.4, 0.5) is 0 Å². The van der Waals surface area contributed by atoms with Crippen LogP contribution in [0.2, 0.25) is 0 Å². The van der Waals surface area contributed by atoms with E-state index in [1.165, 1.54) is 25.7 Å². The van der Waals surface area contributed by atoms with E-state index in [0.29, 0.717) is 24.4 Å². The van der Waals surface area contributed by atoms with E-state index >= 15 is 0 Å². The van der Waals surface area contributed by atoms with Crippen molar-refractivity contribution in [2.24, 2.45) is 17.1 Å². The lowest BCUT2D eigenvalue weighted by Gasteiger charge is -2.37. The van der Waals surface area contributed by atoms with Gasteiger partial charge in [-0.25, -0.2) is 0 Å². The third-order valence-electron chi connectivity index (χ3n) is 5.63. The molecule has 4 heteroatoms. The van der Waals surface area contributed by atoms with Gasteiger partial charge in [-0.1, -0.05) is 25.7 Å². The quantitative estimate of drug-likeness (QED) is 0.792. The minimum absolute atomic E-state index is 0.265. The van der Waals surface area contributed by atoms with Crippen LogP contribution >= 0.6 is 0 Å². The third kappa shape index (κ3) is 3.42. The van der Waals surface area contributed by atoms with Gasteiger partial charge in [0.25, 0.3) is 0 Å². The highest BCUT2D eigenvalue weighted by Crippen LogP contribution is 2.39. The first kappa shape index (κ1) is 15.3. The Morgan fingerprint density at radius 2 is 1.86 bits per heavy atom. The van der Waals surface area contributed by atoms with Crippen molar-refractivity contribution in [1.82, 2.24) is 4.90 Å². The van der Waals surface area contributed by atoms with Crippen LogP contribution in [0, 0.1) is 11.3 Å². The fourth-order valence-electron chi connectivity index (χ4n) is 4.00. The summed E-state index contributed by atoms with van der Waals surface area (Å²) in [5.74, 6) is 0.899. The summed E-state index contributed by atoms with van der Waals surface area (Å²) in [6.45, 7) is 3.10. The van der Waals surface area contributed by atoms with E-state index in [-0.39, 0.29) is 5.41 Å². The average molecular weight is 294 g/mol. The molecule has 3 rings (SSSR count). The lowest BCUT2D eigenvalue weighted by molar-refractivity contribution is -0.144. The van der Waals surface area contributed by atoms with E-state index in [1.807, 2.05) is 0 Å². The van der Waals surface area contributed by atoms with Gasteiger partial charge in [-0.05, 0) is 32.1 Å². The zero-order valence-electron chi connectivity index (χ0n) is 13.2. The molecule has 1 saturated heterocycles. The first-order chi connectivity index (χ1) is 10.2. The SMILES string of the molecule is NCC1(C(=O)N(CC2CCOC2)C2CC2)CCCCCC1. The van der Waals surface area contributed by atoms with Crippen LogP contribution in [0.3, 0.4) is 0 Å². The van der Waals surface area contributed by atoms with Crippen LogP contribution in [0.5, 0.6) is 0 Å². The topological polar surface area (TPSA) is 55.6 Å². The van der Waals surface area contributed by atoms with E-state index < -0.39 is 0 Å². The summed E-state index contributed by atoms with van der Waals surface area (Å²) < 4.78 is 5.49. The maximum absolute atomic E-state index is 13.3. The summed E-state index contributed by atoms with van der Waals surface area (Å²) in [7, 11) is 0. The van der Waals surface area contributed by atoms with E-state index in [4.69, 9.17) is 10.5 Å². The van der Waals surface area contributed by atoms with Crippen LogP contribution in [0.1, 0.15) is 57.8 Å². The number of nitrogens with zero attached hydrogens (tertiary/aromatic N) is 1. The molecule has 0 aromatic carbocycles. The fraction of sp³-hybridized carbons (Fsp3) is 0.941. The Kier molecular flexibility index (Phi) is 4.85. The molecule has 0 aromatic heterocycles. The molecule has 0 radical (unpaired) electrons. The van der Waals surface area contributed by atoms with Crippen LogP contribution < -0.4 is 5.73 Å². The van der Waals surface area contributed by atoms with Crippen molar-refractivity contribution < 1.29 is 9.53 Å². The van der Waals surface area contributed by atoms with Gasteiger partial charge in [0.2, 0.25) is 5.91 Å². The van der Waals surface area contributed by atoms with Crippen LogP contribution in [0.15, 0.2) is 0 Å². The van der Waals surface area contributed by atoms with Crippen molar-refractivity contribution in [1.29, 1.82) is 0 Å². The molecule has 1 aliphatic heterocycles. The minimum atomic E-state index is -0.265. The monoisotopic (exact) mass is 294 g/mol. The lowest BCUT2D eigenvalue weighted by atomic mass is 9.78. The average Bonchev–Trinajstić information content (AvgIpc) is 3.27. The smallest absolute Gasteiger partial charge is 0.230 e. The van der Waals surface area contributed by atoms with Crippen LogP contribution in [-0.2, 0) is 9.53 Å². The number of amides is 1. The van der Waals surface area contributed by atoms with Gasteiger partial charge in [0.15, 0.2) is 0 Å². The van der Waals surface area contributed by atoms with Crippen LogP contribution in [-0.4, -0.2) is 43.2 Å². The number of hydrogen-bond acceptors (Lipinski definition) is 3. The molecule has 21 heavy (non-hydrogen) atoms. The molecule has 1 atom stereocenters. The number of carbonyl (C=O) groups excluding carboxylic acids is 1. The van der Waals surface area contributed by atoms with Crippen molar-refractivity contribution in [3.8, 4) is 0 Å². The van der Waals surface area contributed by atoms with Crippen molar-refractivity contribution >= 4 is 5.91 Å². The Balaban J connectivity index is 1.71. The second-order valence-corrected chi connectivity index (χ2v) is 7.32. The van der Waals surface area contributed by atoms with E-state index in [2.05, 4.69) is 4.90 Å². The highest BCUT2D eigenvalue weighted by Gasteiger charge is 2.45. The summed E-state index contributed by atoms with van der Waals surface area (Å²) in [5, 5.41) is 0. The summed E-state index contributed by atoms with van der Waals surface area (Å²) >= 11 is 0. The summed E-state index contributed by atoms with van der Waals surface area (Å²) in [6, 6.07) is 0.491. The first-order valence-corrected chi connectivity index (χ1v) is 8.84. The zero-order chi connectivity index (χ0) is 14.7. The number of ether oxygens (including phenoxy) is 1. The van der Waals surface area contributed by atoms with E-state index in [0.717, 1.165) is 51.9 Å². The standard InChI is InChI=1S/C17H30N2O2/c18-13-17(8-3-1-2-4-9-17)16(20)19(15-5-6-15)11-14-7-10-21-12-14/h14-15H,1-13,18H2. The van der Waals surface area contributed by atoms with Crippen LogP contribution in [0.25, 0.3) is 0 Å². The van der Waals surface area contributed by atoms with Crippen molar-refractivity contribution in [3.63, 3.8) is 0 Å². The maximum Gasteiger partial charge on any atom is 0.230 e. The molecule has 3 aliphatic rings. The third-order valence-corrected chi connectivity index (χ3v) is 5.63. The predicted octanol–water partition coefficient (Wildman–Crippen LogP) is 2.31. The highest BCUT2D eigenvalue weighted by molar-refractivity contribution is 5.83. The normalized spacial score (nSPS) is 29.1. The second kappa shape index (κ2) is 6.66. The Labute approximate surface area is 128 Å². The molecule has 2 N–H and O–H groups in total. The Bertz CT molecular complexity index is 354.